The van der Waals surface area contributed by atoms with Crippen LogP contribution in [0.4, 0.5) is 0 Å². The maximum Gasteiger partial charge on any atom is 0.364 e. The van der Waals surface area contributed by atoms with Gasteiger partial charge in [0.15, 0.2) is 6.04 Å². The van der Waals surface area contributed by atoms with Crippen LogP contribution in [0.3, 0.4) is 0 Å². The molecule has 4 nitrogen and oxygen atoms in total. The minimum absolute atomic E-state index is 0.215. The average molecular weight is 196 g/mol. The first kappa shape index (κ1) is 10.5. The molecule has 4 heteroatoms. The first-order chi connectivity index (χ1) is 6.63. The Bertz CT molecular complexity index is 308. The van der Waals surface area contributed by atoms with E-state index in [2.05, 4.69) is 10.5 Å². The van der Waals surface area contributed by atoms with Crippen molar-refractivity contribution in [1.29, 1.82) is 0 Å². The molecule has 0 bridgehead atoms. The van der Waals surface area contributed by atoms with Gasteiger partial charge >= 0.3 is 5.97 Å². The molecule has 0 saturated heterocycles. The summed E-state index contributed by atoms with van der Waals surface area (Å²) in [5, 5.41) is 9.04. The number of quaternary nitrogens is 1. The van der Waals surface area contributed by atoms with E-state index < -0.39 is 6.04 Å². The minimum Gasteiger partial charge on any atom is -0.508 e. The highest BCUT2D eigenvalue weighted by Crippen LogP contribution is 2.10. The maximum atomic E-state index is 11.0. The van der Waals surface area contributed by atoms with Gasteiger partial charge in [-0.3, -0.25) is 0 Å². The topological polar surface area (TPSA) is 74.2 Å². The van der Waals surface area contributed by atoms with E-state index in [1.54, 1.807) is 24.3 Å². The van der Waals surface area contributed by atoms with E-state index in [4.69, 9.17) is 5.11 Å². The van der Waals surface area contributed by atoms with Crippen LogP contribution in [0, 0.1) is 0 Å². The summed E-state index contributed by atoms with van der Waals surface area (Å²) in [6, 6.07) is 6.29. The van der Waals surface area contributed by atoms with E-state index in [9.17, 15) is 4.79 Å². The lowest BCUT2D eigenvalue weighted by Gasteiger charge is -2.05. The largest absolute Gasteiger partial charge is 0.508 e. The number of hydrogen-bond acceptors (Lipinski definition) is 3. The Kier molecular flexibility index (Phi) is 3.48. The summed E-state index contributed by atoms with van der Waals surface area (Å²) in [6.07, 6.45) is 0.521. The van der Waals surface area contributed by atoms with Crippen LogP contribution in [0.1, 0.15) is 5.56 Å². The van der Waals surface area contributed by atoms with Gasteiger partial charge in [-0.05, 0) is 17.7 Å². The van der Waals surface area contributed by atoms with Crippen LogP contribution >= 0.6 is 0 Å². The van der Waals surface area contributed by atoms with Crippen LogP contribution in [-0.2, 0) is 16.0 Å². The Morgan fingerprint density at radius 1 is 1.50 bits per heavy atom. The summed E-state index contributed by atoms with van der Waals surface area (Å²) in [7, 11) is 1.34. The van der Waals surface area contributed by atoms with E-state index >= 15 is 0 Å². The van der Waals surface area contributed by atoms with Gasteiger partial charge < -0.3 is 15.6 Å². The predicted molar refractivity (Wildman–Crippen MR) is 50.5 cm³/mol. The lowest BCUT2D eigenvalue weighted by molar-refractivity contribution is -0.407. The van der Waals surface area contributed by atoms with Gasteiger partial charge in [0.25, 0.3) is 0 Å². The normalized spacial score (nSPS) is 12.1. The molecule has 0 spiro atoms. The number of methoxy groups -OCH3 is 1. The lowest BCUT2D eigenvalue weighted by Crippen LogP contribution is -2.66. The number of phenols is 1. The molecule has 1 atom stereocenters. The lowest BCUT2D eigenvalue weighted by atomic mass is 10.1. The zero-order valence-electron chi connectivity index (χ0n) is 8.06. The highest BCUT2D eigenvalue weighted by Gasteiger charge is 2.17. The first-order valence-corrected chi connectivity index (χ1v) is 4.32. The van der Waals surface area contributed by atoms with Gasteiger partial charge in [0.05, 0.1) is 7.11 Å². The molecule has 4 N–H and O–H groups in total. The molecule has 1 aromatic rings. The number of carbonyl (C=O) groups is 1. The standard InChI is InChI=1S/C10H13NO3/c1-14-10(13)9(11)6-7-2-4-8(12)5-3-7/h2-5,9,12H,6,11H2,1H3/p+1/t9-/m1/s1. The Labute approximate surface area is 82.3 Å². The number of aromatic hydroxyl groups is 1. The second kappa shape index (κ2) is 4.62. The van der Waals surface area contributed by atoms with Crippen molar-refractivity contribution in [2.75, 3.05) is 7.11 Å². The average Bonchev–Trinajstić information content (AvgIpc) is 2.20. The summed E-state index contributed by atoms with van der Waals surface area (Å²) in [6.45, 7) is 0. The van der Waals surface area contributed by atoms with Crippen molar-refractivity contribution in [3.8, 4) is 5.75 Å². The summed E-state index contributed by atoms with van der Waals surface area (Å²) >= 11 is 0. The Morgan fingerprint density at radius 3 is 2.57 bits per heavy atom. The molecule has 0 aliphatic rings. The van der Waals surface area contributed by atoms with Crippen LogP contribution in [0.15, 0.2) is 24.3 Å². The van der Waals surface area contributed by atoms with Gasteiger partial charge in [-0.2, -0.15) is 0 Å². The van der Waals surface area contributed by atoms with E-state index in [-0.39, 0.29) is 11.7 Å². The van der Waals surface area contributed by atoms with Crippen LogP contribution in [0.2, 0.25) is 0 Å². The van der Waals surface area contributed by atoms with Crippen molar-refractivity contribution in [2.24, 2.45) is 0 Å². The molecule has 0 aromatic heterocycles. The molecule has 0 aliphatic carbocycles. The molecular formula is C10H14NO3+. The zero-order chi connectivity index (χ0) is 10.6. The monoisotopic (exact) mass is 196 g/mol. The SMILES string of the molecule is COC(=O)[C@H]([NH3+])Cc1ccc(O)cc1. The van der Waals surface area contributed by atoms with Crippen LogP contribution in [0.5, 0.6) is 5.75 Å². The number of phenolic OH excluding ortho intramolecular Hbond substituents is 1. The van der Waals surface area contributed by atoms with Crippen molar-refractivity contribution in [1.82, 2.24) is 0 Å². The summed E-state index contributed by atoms with van der Waals surface area (Å²) in [5.74, 6) is -0.106. The molecule has 0 amide bonds. The molecule has 0 fully saturated rings. The van der Waals surface area contributed by atoms with Gasteiger partial charge in [0, 0.05) is 6.42 Å². The molecule has 14 heavy (non-hydrogen) atoms. The third-order valence-electron chi connectivity index (χ3n) is 1.95. The van der Waals surface area contributed by atoms with Crippen LogP contribution in [0.25, 0.3) is 0 Å². The van der Waals surface area contributed by atoms with Gasteiger partial charge in [-0.15, -0.1) is 0 Å². The van der Waals surface area contributed by atoms with Gasteiger partial charge in [0.2, 0.25) is 0 Å². The molecule has 0 radical (unpaired) electrons. The molecule has 0 unspecified atom stereocenters. The van der Waals surface area contributed by atoms with Crippen molar-refractivity contribution in [2.45, 2.75) is 12.5 Å². The van der Waals surface area contributed by atoms with Crippen molar-refractivity contribution in [3.63, 3.8) is 0 Å². The molecular weight excluding hydrogens is 182 g/mol. The fraction of sp³-hybridized carbons (Fsp3) is 0.300. The minimum atomic E-state index is -0.399. The van der Waals surface area contributed by atoms with E-state index in [1.165, 1.54) is 7.11 Å². The fourth-order valence-electron chi connectivity index (χ4n) is 1.17. The number of benzene rings is 1. The molecule has 0 heterocycles. The smallest absolute Gasteiger partial charge is 0.364 e. The summed E-state index contributed by atoms with van der Waals surface area (Å²) < 4.78 is 4.56. The Hall–Kier alpha value is -1.55. The first-order valence-electron chi connectivity index (χ1n) is 4.32. The Balaban J connectivity index is 2.60. The molecule has 76 valence electrons. The van der Waals surface area contributed by atoms with E-state index in [1.807, 2.05) is 0 Å². The van der Waals surface area contributed by atoms with Crippen molar-refractivity contribution >= 4 is 5.97 Å². The third kappa shape index (κ3) is 2.74. The molecule has 1 rings (SSSR count). The summed E-state index contributed by atoms with van der Waals surface area (Å²) in [4.78, 5) is 11.0. The molecule has 0 aliphatic heterocycles. The highest BCUT2D eigenvalue weighted by atomic mass is 16.5. The van der Waals surface area contributed by atoms with E-state index in [0.717, 1.165) is 5.56 Å². The quantitative estimate of drug-likeness (QED) is 0.653. The highest BCUT2D eigenvalue weighted by molar-refractivity contribution is 5.74. The fourth-order valence-corrected chi connectivity index (χ4v) is 1.17. The molecule has 0 saturated carbocycles. The second-order valence-electron chi connectivity index (χ2n) is 3.09. The van der Waals surface area contributed by atoms with Crippen molar-refractivity contribution in [3.05, 3.63) is 29.8 Å². The van der Waals surface area contributed by atoms with Gasteiger partial charge in [-0.25, -0.2) is 4.79 Å². The van der Waals surface area contributed by atoms with Crippen LogP contribution < -0.4 is 5.73 Å². The number of rotatable bonds is 3. The van der Waals surface area contributed by atoms with E-state index in [0.29, 0.717) is 6.42 Å². The van der Waals surface area contributed by atoms with Gasteiger partial charge in [0.1, 0.15) is 5.75 Å². The second-order valence-corrected chi connectivity index (χ2v) is 3.09. The number of esters is 1. The zero-order valence-corrected chi connectivity index (χ0v) is 8.06. The van der Waals surface area contributed by atoms with Gasteiger partial charge in [-0.1, -0.05) is 12.1 Å². The Morgan fingerprint density at radius 2 is 2.07 bits per heavy atom. The number of hydrogen-bond donors (Lipinski definition) is 2. The molecule has 1 aromatic carbocycles. The third-order valence-corrected chi connectivity index (χ3v) is 1.95. The maximum absolute atomic E-state index is 11.0. The summed E-state index contributed by atoms with van der Waals surface area (Å²) in [5.41, 5.74) is 4.64. The number of ether oxygens (including phenoxy) is 1. The van der Waals surface area contributed by atoms with Crippen molar-refractivity contribution < 1.29 is 20.4 Å². The predicted octanol–water partition coefficient (Wildman–Crippen LogP) is -0.282. The number of carbonyl (C=O) groups excluding carboxylic acids is 1. The van der Waals surface area contributed by atoms with Crippen LogP contribution in [-0.4, -0.2) is 24.2 Å².